The lowest BCUT2D eigenvalue weighted by Crippen LogP contribution is -2.24. The second-order valence-corrected chi connectivity index (χ2v) is 9.10. The Morgan fingerprint density at radius 3 is 1.76 bits per heavy atom. The second kappa shape index (κ2) is 7.96. The molecule has 37 heavy (non-hydrogen) atoms. The summed E-state index contributed by atoms with van der Waals surface area (Å²) in [4.78, 5) is 36.3. The van der Waals surface area contributed by atoms with Crippen molar-refractivity contribution >= 4 is 33.6 Å². The minimum absolute atomic E-state index is 0.286. The molecule has 1 aliphatic rings. The van der Waals surface area contributed by atoms with Crippen molar-refractivity contribution < 1.29 is 9.59 Å². The Balaban J connectivity index is 1.59. The van der Waals surface area contributed by atoms with Crippen molar-refractivity contribution in [2.24, 2.45) is 0 Å². The molecule has 7 rings (SSSR count). The van der Waals surface area contributed by atoms with Crippen molar-refractivity contribution in [3.63, 3.8) is 0 Å². The van der Waals surface area contributed by atoms with Crippen LogP contribution >= 0.6 is 0 Å². The molecule has 6 heteroatoms. The van der Waals surface area contributed by atoms with Crippen molar-refractivity contribution in [3.8, 4) is 28.2 Å². The van der Waals surface area contributed by atoms with Gasteiger partial charge in [-0.2, -0.15) is 0 Å². The first-order valence-corrected chi connectivity index (χ1v) is 12.0. The van der Waals surface area contributed by atoms with Gasteiger partial charge in [0.15, 0.2) is 0 Å². The van der Waals surface area contributed by atoms with E-state index < -0.39 is 0 Å². The van der Waals surface area contributed by atoms with E-state index in [2.05, 4.69) is 50.9 Å². The number of carbonyl (C=O) groups excluding carboxylic acids is 2. The first kappa shape index (κ1) is 21.2. The van der Waals surface area contributed by atoms with Crippen molar-refractivity contribution in [1.82, 2.24) is 19.4 Å². The van der Waals surface area contributed by atoms with Crippen LogP contribution in [-0.4, -0.2) is 38.3 Å². The highest BCUT2D eigenvalue weighted by Gasteiger charge is 2.35. The van der Waals surface area contributed by atoms with Crippen LogP contribution in [0.1, 0.15) is 20.7 Å². The van der Waals surface area contributed by atoms with Gasteiger partial charge in [-0.05, 0) is 48.5 Å². The van der Waals surface area contributed by atoms with E-state index in [4.69, 9.17) is 0 Å². The molecule has 1 aliphatic heterocycles. The molecule has 6 nitrogen and oxygen atoms in total. The Hall–Kier alpha value is -5.10. The first-order chi connectivity index (χ1) is 18.1. The molecule has 0 atom stereocenters. The number of fused-ring (bicyclic) bond motifs is 4. The van der Waals surface area contributed by atoms with Gasteiger partial charge in [0.1, 0.15) is 0 Å². The Bertz CT molecular complexity index is 1780. The van der Waals surface area contributed by atoms with Gasteiger partial charge in [0.25, 0.3) is 11.8 Å². The maximum atomic E-state index is 13.2. The van der Waals surface area contributed by atoms with Crippen LogP contribution < -0.4 is 0 Å². The van der Waals surface area contributed by atoms with Crippen molar-refractivity contribution in [1.29, 1.82) is 0 Å². The van der Waals surface area contributed by atoms with Crippen LogP contribution in [0.25, 0.3) is 50.0 Å². The number of benzene rings is 3. The lowest BCUT2D eigenvalue weighted by atomic mass is 10.1. The summed E-state index contributed by atoms with van der Waals surface area (Å²) < 4.78 is 2.09. The molecule has 0 unspecified atom stereocenters. The van der Waals surface area contributed by atoms with Gasteiger partial charge in [0.2, 0.25) is 0 Å². The third-order valence-electron chi connectivity index (χ3n) is 7.03. The lowest BCUT2D eigenvalue weighted by Gasteiger charge is -2.13. The third-order valence-corrected chi connectivity index (χ3v) is 7.03. The van der Waals surface area contributed by atoms with Crippen LogP contribution in [0.2, 0.25) is 0 Å². The van der Waals surface area contributed by atoms with E-state index in [9.17, 15) is 9.59 Å². The molecule has 0 bridgehead atoms. The number of pyridine rings is 2. The molecule has 0 N–H and O–H groups in total. The van der Waals surface area contributed by atoms with Crippen LogP contribution in [0.5, 0.6) is 0 Å². The maximum absolute atomic E-state index is 13.2. The Labute approximate surface area is 212 Å². The zero-order valence-electron chi connectivity index (χ0n) is 19.9. The fraction of sp³-hybridized carbons (Fsp3) is 0.0323. The summed E-state index contributed by atoms with van der Waals surface area (Å²) in [6.07, 6.45) is 3.55. The highest BCUT2D eigenvalue weighted by Crippen LogP contribution is 2.38. The van der Waals surface area contributed by atoms with E-state index in [0.717, 1.165) is 44.3 Å². The predicted molar refractivity (Wildman–Crippen MR) is 144 cm³/mol. The molecule has 0 radical (unpaired) electrons. The molecular weight excluding hydrogens is 460 g/mol. The van der Waals surface area contributed by atoms with Crippen LogP contribution in [0.3, 0.4) is 0 Å². The summed E-state index contributed by atoms with van der Waals surface area (Å²) in [7, 11) is 1.53. The van der Waals surface area contributed by atoms with Gasteiger partial charge in [-0.25, -0.2) is 0 Å². The van der Waals surface area contributed by atoms with E-state index in [-0.39, 0.29) is 11.8 Å². The van der Waals surface area contributed by atoms with E-state index in [1.54, 1.807) is 18.5 Å². The summed E-state index contributed by atoms with van der Waals surface area (Å²) in [5, 5.41) is 2.09. The second-order valence-electron chi connectivity index (χ2n) is 9.10. The SMILES string of the molecule is CN1C(=O)c2cccc(-n3c4cc(-c5ccccn5)ccc4c4ccc(-c5ccccn5)cc43)c2C1=O. The standard InChI is InChI=1S/C31H20N4O2/c1-34-30(36)23-7-6-10-26(29(23)31(34)37)35-27-17-19(24-8-2-4-15-32-24)11-13-21(27)22-14-12-20(18-28(22)35)25-9-3-5-16-33-25/h2-18H,1H3. The average Bonchev–Trinajstić information content (AvgIpc) is 3.40. The summed E-state index contributed by atoms with van der Waals surface area (Å²) >= 11 is 0. The summed E-state index contributed by atoms with van der Waals surface area (Å²) in [6.45, 7) is 0. The summed E-state index contributed by atoms with van der Waals surface area (Å²) in [5.74, 6) is -0.585. The van der Waals surface area contributed by atoms with Gasteiger partial charge in [0.05, 0.1) is 39.2 Å². The molecular formula is C31H20N4O2. The average molecular weight is 481 g/mol. The van der Waals surface area contributed by atoms with Gasteiger partial charge in [0, 0.05) is 41.3 Å². The number of carbonyl (C=O) groups is 2. The number of hydrogen-bond acceptors (Lipinski definition) is 4. The number of hydrogen-bond donors (Lipinski definition) is 0. The van der Waals surface area contributed by atoms with Gasteiger partial charge >= 0.3 is 0 Å². The van der Waals surface area contributed by atoms with Gasteiger partial charge in [-0.1, -0.05) is 42.5 Å². The van der Waals surface area contributed by atoms with Crippen LogP contribution in [-0.2, 0) is 0 Å². The van der Waals surface area contributed by atoms with Crippen LogP contribution in [0.4, 0.5) is 0 Å². The molecule has 176 valence electrons. The van der Waals surface area contributed by atoms with Crippen molar-refractivity contribution in [2.75, 3.05) is 7.05 Å². The molecule has 0 saturated carbocycles. The zero-order valence-corrected chi connectivity index (χ0v) is 19.9. The normalized spacial score (nSPS) is 13.1. The Kier molecular flexibility index (Phi) is 4.56. The number of rotatable bonds is 3. The molecule has 4 heterocycles. The molecule has 0 fully saturated rings. The molecule has 2 amide bonds. The maximum Gasteiger partial charge on any atom is 0.263 e. The molecule has 0 spiro atoms. The highest BCUT2D eigenvalue weighted by molar-refractivity contribution is 6.23. The Morgan fingerprint density at radius 1 is 0.622 bits per heavy atom. The zero-order chi connectivity index (χ0) is 25.1. The first-order valence-electron chi connectivity index (χ1n) is 12.0. The fourth-order valence-electron chi connectivity index (χ4n) is 5.23. The van der Waals surface area contributed by atoms with E-state index in [0.29, 0.717) is 16.8 Å². The quantitative estimate of drug-likeness (QED) is 0.286. The van der Waals surface area contributed by atoms with Gasteiger partial charge in [-0.3, -0.25) is 24.5 Å². The third kappa shape index (κ3) is 3.12. The van der Waals surface area contributed by atoms with Crippen molar-refractivity contribution in [3.05, 3.63) is 115 Å². The Morgan fingerprint density at radius 2 is 1.22 bits per heavy atom. The summed E-state index contributed by atoms with van der Waals surface area (Å²) in [6, 6.07) is 29.7. The summed E-state index contributed by atoms with van der Waals surface area (Å²) in [5.41, 5.74) is 7.03. The molecule has 3 aromatic heterocycles. The van der Waals surface area contributed by atoms with E-state index >= 15 is 0 Å². The topological polar surface area (TPSA) is 68.1 Å². The number of imide groups is 1. The minimum Gasteiger partial charge on any atom is -0.308 e. The van der Waals surface area contributed by atoms with Gasteiger partial charge in [-0.15, -0.1) is 0 Å². The smallest absolute Gasteiger partial charge is 0.263 e. The number of nitrogens with zero attached hydrogens (tertiary/aromatic N) is 4. The molecule has 3 aromatic carbocycles. The van der Waals surface area contributed by atoms with Gasteiger partial charge < -0.3 is 4.57 Å². The van der Waals surface area contributed by atoms with E-state index in [1.807, 2.05) is 48.5 Å². The largest absolute Gasteiger partial charge is 0.308 e. The van der Waals surface area contributed by atoms with E-state index in [1.165, 1.54) is 11.9 Å². The minimum atomic E-state index is -0.299. The molecule has 6 aromatic rings. The highest BCUT2D eigenvalue weighted by atomic mass is 16.2. The predicted octanol–water partition coefficient (Wildman–Crippen LogP) is 6.13. The number of aromatic nitrogens is 3. The molecule has 0 saturated heterocycles. The fourth-order valence-corrected chi connectivity index (χ4v) is 5.23. The lowest BCUT2D eigenvalue weighted by molar-refractivity contribution is 0.0693. The van der Waals surface area contributed by atoms with Crippen molar-refractivity contribution in [2.45, 2.75) is 0 Å². The monoisotopic (exact) mass is 480 g/mol. The van der Waals surface area contributed by atoms with Crippen LogP contribution in [0, 0.1) is 0 Å². The number of amides is 2. The molecule has 0 aliphatic carbocycles. The van der Waals surface area contributed by atoms with Crippen LogP contribution in [0.15, 0.2) is 103 Å².